The van der Waals surface area contributed by atoms with Crippen molar-refractivity contribution >= 4 is 17.2 Å². The Balaban J connectivity index is 1.36. The lowest BCUT2D eigenvalue weighted by Gasteiger charge is -2.34. The molecule has 2 aliphatic rings. The van der Waals surface area contributed by atoms with Gasteiger partial charge in [0.15, 0.2) is 0 Å². The van der Waals surface area contributed by atoms with Crippen molar-refractivity contribution in [1.82, 2.24) is 14.8 Å². The van der Waals surface area contributed by atoms with Gasteiger partial charge in [-0.2, -0.15) is 0 Å². The molecule has 2 aromatic rings. The fourth-order valence-corrected chi connectivity index (χ4v) is 4.07. The molecule has 4 rings (SSSR count). The molecule has 0 spiro atoms. The Morgan fingerprint density at radius 3 is 3.00 bits per heavy atom. The van der Waals surface area contributed by atoms with Crippen molar-refractivity contribution in [3.05, 3.63) is 52.0 Å². The summed E-state index contributed by atoms with van der Waals surface area (Å²) in [6.07, 6.45) is 2.75. The molecule has 2 aliphatic heterocycles. The van der Waals surface area contributed by atoms with Gasteiger partial charge in [-0.1, -0.05) is 24.3 Å². The van der Waals surface area contributed by atoms with Crippen molar-refractivity contribution in [3.8, 4) is 0 Å². The molecule has 0 N–H and O–H groups in total. The molecule has 126 valence electrons. The third-order valence-corrected chi connectivity index (χ3v) is 5.59. The number of ether oxygens (including phenoxy) is 1. The Hall–Kier alpha value is -1.76. The molecule has 0 bridgehead atoms. The van der Waals surface area contributed by atoms with E-state index in [0.29, 0.717) is 13.2 Å². The Morgan fingerprint density at radius 2 is 2.17 bits per heavy atom. The Bertz CT molecular complexity index is 704. The van der Waals surface area contributed by atoms with Crippen LogP contribution in [0.5, 0.6) is 0 Å². The summed E-state index contributed by atoms with van der Waals surface area (Å²) < 4.78 is 5.81. The molecule has 3 heterocycles. The van der Waals surface area contributed by atoms with Gasteiger partial charge in [0, 0.05) is 37.8 Å². The van der Waals surface area contributed by atoms with E-state index in [9.17, 15) is 4.79 Å². The van der Waals surface area contributed by atoms with Crippen LogP contribution in [0.15, 0.2) is 35.8 Å². The maximum Gasteiger partial charge on any atom is 0.237 e. The lowest BCUT2D eigenvalue weighted by molar-refractivity contribution is -0.135. The second kappa shape index (κ2) is 7.01. The number of rotatable bonds is 3. The second-order valence-corrected chi connectivity index (χ2v) is 7.23. The normalized spacial score (nSPS) is 21.5. The number of carbonyl (C=O) groups is 1. The molecule has 6 heteroatoms. The molecule has 1 saturated heterocycles. The first kappa shape index (κ1) is 15.7. The number of amides is 1. The summed E-state index contributed by atoms with van der Waals surface area (Å²) in [7, 11) is 0. The number of fused-ring (bicyclic) bond motifs is 1. The van der Waals surface area contributed by atoms with Crippen molar-refractivity contribution in [2.75, 3.05) is 32.8 Å². The summed E-state index contributed by atoms with van der Waals surface area (Å²) in [6, 6.07) is 8.41. The zero-order chi connectivity index (χ0) is 16.4. The minimum Gasteiger partial charge on any atom is -0.368 e. The number of aromatic nitrogens is 1. The molecular formula is C18H21N3O2S. The van der Waals surface area contributed by atoms with E-state index < -0.39 is 0 Å². The second-order valence-electron chi connectivity index (χ2n) is 6.30. The van der Waals surface area contributed by atoms with Crippen molar-refractivity contribution < 1.29 is 9.53 Å². The van der Waals surface area contributed by atoms with Crippen LogP contribution in [0.2, 0.25) is 0 Å². The minimum absolute atomic E-state index is 0.00590. The number of thiazole rings is 1. The van der Waals surface area contributed by atoms with E-state index in [1.54, 1.807) is 17.5 Å². The highest BCUT2D eigenvalue weighted by atomic mass is 32.1. The molecule has 0 unspecified atom stereocenters. The predicted octanol–water partition coefficient (Wildman–Crippen LogP) is 2.10. The first-order valence-electron chi connectivity index (χ1n) is 8.37. The van der Waals surface area contributed by atoms with Crippen LogP contribution >= 0.6 is 11.3 Å². The van der Waals surface area contributed by atoms with E-state index in [1.165, 1.54) is 11.1 Å². The summed E-state index contributed by atoms with van der Waals surface area (Å²) in [5.74, 6) is 0.212. The topological polar surface area (TPSA) is 45.7 Å². The number of morpholine rings is 1. The number of hydrogen-bond donors (Lipinski definition) is 0. The predicted molar refractivity (Wildman–Crippen MR) is 92.8 cm³/mol. The van der Waals surface area contributed by atoms with E-state index in [0.717, 1.165) is 37.6 Å². The summed E-state index contributed by atoms with van der Waals surface area (Å²) in [5.41, 5.74) is 2.65. The van der Waals surface area contributed by atoms with Crippen LogP contribution in [0.4, 0.5) is 0 Å². The number of nitrogens with zero attached hydrogens (tertiary/aromatic N) is 3. The highest BCUT2D eigenvalue weighted by Gasteiger charge is 2.27. The monoisotopic (exact) mass is 343 g/mol. The number of benzene rings is 1. The molecule has 1 amide bonds. The van der Waals surface area contributed by atoms with Gasteiger partial charge >= 0.3 is 0 Å². The first-order chi connectivity index (χ1) is 11.8. The molecule has 1 aromatic carbocycles. The van der Waals surface area contributed by atoms with Gasteiger partial charge in [-0.25, -0.2) is 4.98 Å². The fourth-order valence-electron chi connectivity index (χ4n) is 3.39. The van der Waals surface area contributed by atoms with Crippen LogP contribution in [0.1, 0.15) is 22.2 Å². The van der Waals surface area contributed by atoms with Crippen molar-refractivity contribution in [2.24, 2.45) is 0 Å². The highest BCUT2D eigenvalue weighted by molar-refractivity contribution is 7.09. The van der Waals surface area contributed by atoms with Gasteiger partial charge in [0.25, 0.3) is 0 Å². The Morgan fingerprint density at radius 1 is 1.29 bits per heavy atom. The highest BCUT2D eigenvalue weighted by Crippen LogP contribution is 2.24. The third kappa shape index (κ3) is 3.36. The van der Waals surface area contributed by atoms with Crippen LogP contribution in [0, 0.1) is 0 Å². The van der Waals surface area contributed by atoms with Gasteiger partial charge in [-0.05, 0) is 17.5 Å². The average molecular weight is 343 g/mol. The molecule has 1 fully saturated rings. The molecule has 1 atom stereocenters. The summed E-state index contributed by atoms with van der Waals surface area (Å²) >= 11 is 1.61. The first-order valence-corrected chi connectivity index (χ1v) is 9.25. The van der Waals surface area contributed by atoms with Crippen molar-refractivity contribution in [2.45, 2.75) is 19.1 Å². The van der Waals surface area contributed by atoms with Gasteiger partial charge in [0.1, 0.15) is 11.1 Å². The van der Waals surface area contributed by atoms with Gasteiger partial charge in [-0.15, -0.1) is 11.3 Å². The standard InChI is InChI=1S/C18H21N3O2S/c22-17(21-7-5-14-3-1-2-4-15(14)11-21)13-20-8-9-23-16(12-20)18-19-6-10-24-18/h1-4,6,10,16H,5,7-9,11-13H2/t16-/m1/s1. The molecule has 0 aliphatic carbocycles. The lowest BCUT2D eigenvalue weighted by Crippen LogP contribution is -2.46. The largest absolute Gasteiger partial charge is 0.368 e. The number of hydrogen-bond acceptors (Lipinski definition) is 5. The molecule has 0 radical (unpaired) electrons. The SMILES string of the molecule is O=C(CN1CCO[C@@H](c2nccs2)C1)N1CCc2ccccc2C1. The fraction of sp³-hybridized carbons (Fsp3) is 0.444. The van der Waals surface area contributed by atoms with Crippen LogP contribution in [-0.4, -0.2) is 53.5 Å². The van der Waals surface area contributed by atoms with Gasteiger partial charge in [0.05, 0.1) is 13.2 Å². The molecule has 0 saturated carbocycles. The Labute approximate surface area is 145 Å². The van der Waals surface area contributed by atoms with Gasteiger partial charge in [-0.3, -0.25) is 9.69 Å². The maximum absolute atomic E-state index is 12.7. The van der Waals surface area contributed by atoms with Crippen LogP contribution in [0.3, 0.4) is 0 Å². The van der Waals surface area contributed by atoms with E-state index in [4.69, 9.17) is 4.74 Å². The lowest BCUT2D eigenvalue weighted by atomic mass is 10.00. The quantitative estimate of drug-likeness (QED) is 0.856. The van der Waals surface area contributed by atoms with Crippen molar-refractivity contribution in [3.63, 3.8) is 0 Å². The average Bonchev–Trinajstić information content (AvgIpc) is 3.16. The molecule has 24 heavy (non-hydrogen) atoms. The summed E-state index contributed by atoms with van der Waals surface area (Å²) in [4.78, 5) is 21.2. The van der Waals surface area contributed by atoms with Crippen LogP contribution in [-0.2, 0) is 22.5 Å². The van der Waals surface area contributed by atoms with Gasteiger partial charge < -0.3 is 9.64 Å². The van der Waals surface area contributed by atoms with E-state index >= 15 is 0 Å². The smallest absolute Gasteiger partial charge is 0.237 e. The summed E-state index contributed by atoms with van der Waals surface area (Å²) in [5, 5.41) is 2.97. The van der Waals surface area contributed by atoms with E-state index in [1.807, 2.05) is 16.3 Å². The third-order valence-electron chi connectivity index (χ3n) is 4.72. The zero-order valence-electron chi connectivity index (χ0n) is 13.6. The van der Waals surface area contributed by atoms with Crippen LogP contribution < -0.4 is 0 Å². The van der Waals surface area contributed by atoms with Crippen molar-refractivity contribution in [1.29, 1.82) is 0 Å². The zero-order valence-corrected chi connectivity index (χ0v) is 14.4. The van der Waals surface area contributed by atoms with E-state index in [-0.39, 0.29) is 12.0 Å². The maximum atomic E-state index is 12.7. The minimum atomic E-state index is -0.00590. The van der Waals surface area contributed by atoms with Crippen LogP contribution in [0.25, 0.3) is 0 Å². The van der Waals surface area contributed by atoms with E-state index in [2.05, 4.69) is 28.1 Å². The number of carbonyl (C=O) groups excluding carboxylic acids is 1. The van der Waals surface area contributed by atoms with Gasteiger partial charge in [0.2, 0.25) is 5.91 Å². The molecule has 5 nitrogen and oxygen atoms in total. The Kier molecular flexibility index (Phi) is 4.60. The molecule has 1 aromatic heterocycles. The molecular weight excluding hydrogens is 322 g/mol. The summed E-state index contributed by atoms with van der Waals surface area (Å²) in [6.45, 7) is 4.21.